The van der Waals surface area contributed by atoms with Gasteiger partial charge in [-0.1, -0.05) is 13.8 Å². The standard InChI is InChI=1S/C9H18N4/c1-7(2)4-8(3)10-5-9-11-6-12-13-9/h6-8,10H,4-5H2,1-3H3,(H,11,12,13). The van der Waals surface area contributed by atoms with E-state index in [4.69, 9.17) is 0 Å². The zero-order valence-electron chi connectivity index (χ0n) is 8.54. The fourth-order valence-corrected chi connectivity index (χ4v) is 1.38. The molecule has 74 valence electrons. The number of rotatable bonds is 5. The first kappa shape index (κ1) is 10.2. The Morgan fingerprint density at radius 2 is 2.23 bits per heavy atom. The molecular weight excluding hydrogens is 164 g/mol. The number of hydrogen-bond acceptors (Lipinski definition) is 3. The van der Waals surface area contributed by atoms with Crippen LogP contribution >= 0.6 is 0 Å². The first-order valence-corrected chi connectivity index (χ1v) is 4.76. The molecule has 1 heterocycles. The first-order chi connectivity index (χ1) is 6.18. The molecule has 0 aromatic carbocycles. The average Bonchev–Trinajstić information content (AvgIpc) is 2.51. The maximum Gasteiger partial charge on any atom is 0.138 e. The third-order valence-corrected chi connectivity index (χ3v) is 1.91. The van der Waals surface area contributed by atoms with Crippen molar-refractivity contribution in [3.05, 3.63) is 12.2 Å². The van der Waals surface area contributed by atoms with E-state index in [0.29, 0.717) is 6.04 Å². The highest BCUT2D eigenvalue weighted by Crippen LogP contribution is 2.03. The molecule has 0 bridgehead atoms. The van der Waals surface area contributed by atoms with E-state index < -0.39 is 0 Å². The monoisotopic (exact) mass is 182 g/mol. The molecule has 0 aliphatic heterocycles. The normalized spacial score (nSPS) is 13.5. The molecule has 1 atom stereocenters. The minimum atomic E-state index is 0.532. The van der Waals surface area contributed by atoms with Gasteiger partial charge in [0.15, 0.2) is 0 Å². The molecule has 0 aliphatic rings. The summed E-state index contributed by atoms with van der Waals surface area (Å²) in [5, 5.41) is 9.99. The lowest BCUT2D eigenvalue weighted by Gasteiger charge is -2.14. The molecular formula is C9H18N4. The van der Waals surface area contributed by atoms with Gasteiger partial charge in [0.1, 0.15) is 12.2 Å². The topological polar surface area (TPSA) is 53.6 Å². The fourth-order valence-electron chi connectivity index (χ4n) is 1.38. The van der Waals surface area contributed by atoms with Crippen LogP contribution in [0.3, 0.4) is 0 Å². The van der Waals surface area contributed by atoms with Crippen LogP contribution in [0.1, 0.15) is 33.0 Å². The number of aromatic nitrogens is 3. The zero-order valence-corrected chi connectivity index (χ0v) is 8.54. The van der Waals surface area contributed by atoms with Crippen LogP contribution in [-0.4, -0.2) is 21.2 Å². The van der Waals surface area contributed by atoms with E-state index in [9.17, 15) is 0 Å². The van der Waals surface area contributed by atoms with Gasteiger partial charge in [0.2, 0.25) is 0 Å². The van der Waals surface area contributed by atoms with Crippen LogP contribution in [0.5, 0.6) is 0 Å². The lowest BCUT2D eigenvalue weighted by Crippen LogP contribution is -2.27. The van der Waals surface area contributed by atoms with Gasteiger partial charge in [0.05, 0.1) is 6.54 Å². The molecule has 0 saturated carbocycles. The maximum atomic E-state index is 4.04. The Bertz CT molecular complexity index is 218. The first-order valence-electron chi connectivity index (χ1n) is 4.76. The summed E-state index contributed by atoms with van der Waals surface area (Å²) in [6, 6.07) is 0.532. The minimum absolute atomic E-state index is 0.532. The van der Waals surface area contributed by atoms with Crippen molar-refractivity contribution < 1.29 is 0 Å². The molecule has 1 unspecified atom stereocenters. The Morgan fingerprint density at radius 1 is 1.46 bits per heavy atom. The lowest BCUT2D eigenvalue weighted by molar-refractivity contribution is 0.437. The molecule has 0 saturated heterocycles. The van der Waals surface area contributed by atoms with Gasteiger partial charge in [0.25, 0.3) is 0 Å². The van der Waals surface area contributed by atoms with Gasteiger partial charge in [-0.3, -0.25) is 5.10 Å². The average molecular weight is 182 g/mol. The van der Waals surface area contributed by atoms with Crippen molar-refractivity contribution in [1.29, 1.82) is 0 Å². The highest BCUT2D eigenvalue weighted by Gasteiger charge is 2.04. The molecule has 1 rings (SSSR count). The lowest BCUT2D eigenvalue weighted by atomic mass is 10.1. The molecule has 0 spiro atoms. The van der Waals surface area contributed by atoms with Crippen molar-refractivity contribution in [3.63, 3.8) is 0 Å². The molecule has 2 N–H and O–H groups in total. The molecule has 4 nitrogen and oxygen atoms in total. The van der Waals surface area contributed by atoms with Crippen molar-refractivity contribution in [3.8, 4) is 0 Å². The number of nitrogens with one attached hydrogen (secondary N) is 2. The second-order valence-corrected chi connectivity index (χ2v) is 3.84. The Morgan fingerprint density at radius 3 is 2.77 bits per heavy atom. The third-order valence-electron chi connectivity index (χ3n) is 1.91. The number of nitrogens with zero attached hydrogens (tertiary/aromatic N) is 2. The second kappa shape index (κ2) is 4.97. The fraction of sp³-hybridized carbons (Fsp3) is 0.778. The van der Waals surface area contributed by atoms with Crippen LogP contribution < -0.4 is 5.32 Å². The van der Waals surface area contributed by atoms with Gasteiger partial charge in [-0.15, -0.1) is 0 Å². The van der Waals surface area contributed by atoms with E-state index in [1.165, 1.54) is 12.7 Å². The molecule has 0 amide bonds. The predicted octanol–water partition coefficient (Wildman–Crippen LogP) is 1.33. The van der Waals surface area contributed by atoms with E-state index in [0.717, 1.165) is 18.3 Å². The molecule has 1 aromatic rings. The Hall–Kier alpha value is -0.900. The second-order valence-electron chi connectivity index (χ2n) is 3.84. The summed E-state index contributed by atoms with van der Waals surface area (Å²) in [6.07, 6.45) is 2.72. The number of H-pyrrole nitrogens is 1. The summed E-state index contributed by atoms with van der Waals surface area (Å²) < 4.78 is 0. The maximum absolute atomic E-state index is 4.04. The summed E-state index contributed by atoms with van der Waals surface area (Å²) in [4.78, 5) is 4.04. The van der Waals surface area contributed by atoms with Crippen LogP contribution in [0.25, 0.3) is 0 Å². The van der Waals surface area contributed by atoms with Gasteiger partial charge in [-0.05, 0) is 19.3 Å². The Labute approximate surface area is 79.2 Å². The SMILES string of the molecule is CC(C)CC(C)NCc1ncn[nH]1. The van der Waals surface area contributed by atoms with E-state index in [2.05, 4.69) is 41.3 Å². The summed E-state index contributed by atoms with van der Waals surface area (Å²) >= 11 is 0. The van der Waals surface area contributed by atoms with E-state index in [1.807, 2.05) is 0 Å². The quantitative estimate of drug-likeness (QED) is 0.722. The third kappa shape index (κ3) is 4.03. The van der Waals surface area contributed by atoms with E-state index >= 15 is 0 Å². The highest BCUT2D eigenvalue weighted by atomic mass is 15.2. The largest absolute Gasteiger partial charge is 0.307 e. The van der Waals surface area contributed by atoms with Gasteiger partial charge >= 0.3 is 0 Å². The summed E-state index contributed by atoms with van der Waals surface area (Å²) in [6.45, 7) is 7.42. The molecule has 13 heavy (non-hydrogen) atoms. The van der Waals surface area contributed by atoms with Crippen LogP contribution in [0, 0.1) is 5.92 Å². The van der Waals surface area contributed by atoms with Crippen molar-refractivity contribution in [2.24, 2.45) is 5.92 Å². The van der Waals surface area contributed by atoms with Crippen LogP contribution in [0.4, 0.5) is 0 Å². The predicted molar refractivity (Wildman–Crippen MR) is 52.1 cm³/mol. The van der Waals surface area contributed by atoms with Gasteiger partial charge in [-0.2, -0.15) is 5.10 Å². The van der Waals surface area contributed by atoms with Crippen LogP contribution in [0.2, 0.25) is 0 Å². The van der Waals surface area contributed by atoms with Gasteiger partial charge in [0, 0.05) is 6.04 Å². The molecule has 0 radical (unpaired) electrons. The number of aromatic amines is 1. The smallest absolute Gasteiger partial charge is 0.138 e. The zero-order chi connectivity index (χ0) is 9.68. The van der Waals surface area contributed by atoms with Crippen LogP contribution in [0.15, 0.2) is 6.33 Å². The molecule has 1 aromatic heterocycles. The van der Waals surface area contributed by atoms with Crippen molar-refractivity contribution in [2.45, 2.75) is 39.8 Å². The summed E-state index contributed by atoms with van der Waals surface area (Å²) in [7, 11) is 0. The van der Waals surface area contributed by atoms with Crippen molar-refractivity contribution in [2.75, 3.05) is 0 Å². The van der Waals surface area contributed by atoms with E-state index in [1.54, 1.807) is 0 Å². The molecule has 4 heteroatoms. The van der Waals surface area contributed by atoms with Crippen molar-refractivity contribution >= 4 is 0 Å². The van der Waals surface area contributed by atoms with E-state index in [-0.39, 0.29) is 0 Å². The summed E-state index contributed by atoms with van der Waals surface area (Å²) in [5.74, 6) is 1.63. The Kier molecular flexibility index (Phi) is 3.89. The van der Waals surface area contributed by atoms with Crippen molar-refractivity contribution in [1.82, 2.24) is 20.5 Å². The van der Waals surface area contributed by atoms with Crippen LogP contribution in [-0.2, 0) is 6.54 Å². The molecule has 0 fully saturated rings. The Balaban J connectivity index is 2.19. The number of hydrogen-bond donors (Lipinski definition) is 2. The van der Waals surface area contributed by atoms with Gasteiger partial charge in [-0.25, -0.2) is 4.98 Å². The highest BCUT2D eigenvalue weighted by molar-refractivity contribution is 4.79. The minimum Gasteiger partial charge on any atom is -0.307 e. The summed E-state index contributed by atoms with van der Waals surface area (Å²) in [5.41, 5.74) is 0. The van der Waals surface area contributed by atoms with Gasteiger partial charge < -0.3 is 5.32 Å². The molecule has 0 aliphatic carbocycles.